The minimum Gasteiger partial charge on any atom is -0.435 e. The van der Waals surface area contributed by atoms with Crippen molar-refractivity contribution in [2.45, 2.75) is 18.9 Å². The number of rotatable bonds is 6. The summed E-state index contributed by atoms with van der Waals surface area (Å²) in [4.78, 5) is 11.6. The molecular weight excluding hydrogens is 317 g/mol. The van der Waals surface area contributed by atoms with Crippen molar-refractivity contribution < 1.29 is 18.3 Å². The molecule has 2 nitrogen and oxygen atoms in total. The van der Waals surface area contributed by atoms with Crippen LogP contribution in [-0.2, 0) is 5.88 Å². The first kappa shape index (κ1) is 14.4. The van der Waals surface area contributed by atoms with Gasteiger partial charge in [-0.05, 0) is 23.8 Å². The van der Waals surface area contributed by atoms with Gasteiger partial charge in [0.1, 0.15) is 5.75 Å². The fourth-order valence-corrected chi connectivity index (χ4v) is 1.81. The van der Waals surface area contributed by atoms with Gasteiger partial charge in [0.15, 0.2) is 5.78 Å². The summed E-state index contributed by atoms with van der Waals surface area (Å²) >= 11 is 8.77. The van der Waals surface area contributed by atoms with Gasteiger partial charge in [-0.2, -0.15) is 8.78 Å². The maximum atomic E-state index is 12.1. The quantitative estimate of drug-likeness (QED) is 0.583. The van der Waals surface area contributed by atoms with Crippen LogP contribution in [0.4, 0.5) is 8.78 Å². The van der Waals surface area contributed by atoms with Gasteiger partial charge >= 0.3 is 6.61 Å². The first-order valence-corrected chi connectivity index (χ1v) is 6.46. The van der Waals surface area contributed by atoms with Crippen LogP contribution in [0, 0.1) is 0 Å². The number of ether oxygens (including phenoxy) is 1. The molecule has 94 valence electrons. The number of benzene rings is 1. The van der Waals surface area contributed by atoms with Crippen LogP contribution in [0.15, 0.2) is 18.2 Å². The zero-order chi connectivity index (χ0) is 12.8. The molecule has 0 saturated heterocycles. The molecule has 0 aliphatic carbocycles. The van der Waals surface area contributed by atoms with Crippen molar-refractivity contribution in [2.75, 3.05) is 5.33 Å². The number of ketones is 1. The summed E-state index contributed by atoms with van der Waals surface area (Å²) in [6, 6.07) is 4.27. The Bertz CT molecular complexity index is 399. The molecule has 0 radical (unpaired) electrons. The molecule has 1 aromatic rings. The average molecular weight is 328 g/mol. The normalized spacial score (nSPS) is 10.6. The van der Waals surface area contributed by atoms with Gasteiger partial charge < -0.3 is 4.74 Å². The van der Waals surface area contributed by atoms with Gasteiger partial charge in [0.2, 0.25) is 0 Å². The van der Waals surface area contributed by atoms with Gasteiger partial charge in [0, 0.05) is 23.2 Å². The van der Waals surface area contributed by atoms with Gasteiger partial charge in [0.25, 0.3) is 0 Å². The van der Waals surface area contributed by atoms with Crippen molar-refractivity contribution in [3.05, 3.63) is 29.3 Å². The minimum absolute atomic E-state index is 0.0453. The van der Waals surface area contributed by atoms with E-state index in [1.54, 1.807) is 6.07 Å². The number of hydrogen-bond donors (Lipinski definition) is 0. The third-order valence-electron chi connectivity index (χ3n) is 1.99. The lowest BCUT2D eigenvalue weighted by atomic mass is 10.1. The lowest BCUT2D eigenvalue weighted by Crippen LogP contribution is -2.05. The molecule has 0 aromatic heterocycles. The van der Waals surface area contributed by atoms with Crippen molar-refractivity contribution >= 4 is 33.3 Å². The predicted octanol–water partition coefficient (Wildman–Crippen LogP) is 3.99. The molecule has 0 N–H and O–H groups in total. The molecule has 0 atom stereocenters. The van der Waals surface area contributed by atoms with E-state index in [1.165, 1.54) is 12.1 Å². The van der Waals surface area contributed by atoms with Crippen LogP contribution in [0.3, 0.4) is 0 Å². The van der Waals surface area contributed by atoms with Crippen LogP contribution >= 0.6 is 27.5 Å². The second kappa shape index (κ2) is 6.91. The molecule has 0 saturated carbocycles. The van der Waals surface area contributed by atoms with Crippen molar-refractivity contribution in [3.63, 3.8) is 0 Å². The molecule has 0 unspecified atom stereocenters. The Kier molecular flexibility index (Phi) is 5.85. The van der Waals surface area contributed by atoms with E-state index in [0.717, 1.165) is 0 Å². The summed E-state index contributed by atoms with van der Waals surface area (Å²) in [6.07, 6.45) is 0.292. The first-order valence-electron chi connectivity index (χ1n) is 4.80. The lowest BCUT2D eigenvalue weighted by Gasteiger charge is -2.08. The summed E-state index contributed by atoms with van der Waals surface area (Å²) in [5.41, 5.74) is 0.904. The fourth-order valence-electron chi connectivity index (χ4n) is 1.30. The Hall–Kier alpha value is -0.680. The highest BCUT2D eigenvalue weighted by atomic mass is 79.9. The number of hydrogen-bond acceptors (Lipinski definition) is 2. The summed E-state index contributed by atoms with van der Waals surface area (Å²) < 4.78 is 28.4. The number of alkyl halides is 4. The van der Waals surface area contributed by atoms with Crippen LogP contribution in [0.5, 0.6) is 5.75 Å². The SMILES string of the molecule is O=C(CCBr)c1cc(CCl)cc(OC(F)F)c1. The Morgan fingerprint density at radius 1 is 1.41 bits per heavy atom. The maximum Gasteiger partial charge on any atom is 0.387 e. The van der Waals surface area contributed by atoms with E-state index in [9.17, 15) is 13.6 Å². The van der Waals surface area contributed by atoms with Crippen molar-refractivity contribution in [1.82, 2.24) is 0 Å². The third kappa shape index (κ3) is 4.60. The second-order valence-corrected chi connectivity index (χ2v) is 4.30. The van der Waals surface area contributed by atoms with Crippen LogP contribution in [0.2, 0.25) is 0 Å². The molecule has 0 bridgehead atoms. The van der Waals surface area contributed by atoms with E-state index >= 15 is 0 Å². The summed E-state index contributed by atoms with van der Waals surface area (Å²) in [7, 11) is 0. The first-order chi connectivity index (χ1) is 8.06. The third-order valence-corrected chi connectivity index (χ3v) is 2.69. The molecular formula is C11H10BrClF2O2. The van der Waals surface area contributed by atoms with Gasteiger partial charge in [-0.1, -0.05) is 15.9 Å². The monoisotopic (exact) mass is 326 g/mol. The zero-order valence-corrected chi connectivity index (χ0v) is 11.1. The van der Waals surface area contributed by atoms with Crippen molar-refractivity contribution in [1.29, 1.82) is 0 Å². The van der Waals surface area contributed by atoms with Crippen LogP contribution in [0.1, 0.15) is 22.3 Å². The van der Waals surface area contributed by atoms with E-state index in [1.807, 2.05) is 0 Å². The smallest absolute Gasteiger partial charge is 0.387 e. The van der Waals surface area contributed by atoms with E-state index in [4.69, 9.17) is 11.6 Å². The average Bonchev–Trinajstić information content (AvgIpc) is 2.28. The van der Waals surface area contributed by atoms with Crippen LogP contribution in [0.25, 0.3) is 0 Å². The number of carbonyl (C=O) groups excluding carboxylic acids is 1. The highest BCUT2D eigenvalue weighted by Gasteiger charge is 2.11. The van der Waals surface area contributed by atoms with Gasteiger partial charge in [-0.15, -0.1) is 11.6 Å². The Balaban J connectivity index is 3.00. The van der Waals surface area contributed by atoms with E-state index in [0.29, 0.717) is 22.9 Å². The molecule has 0 fully saturated rings. The molecule has 17 heavy (non-hydrogen) atoms. The standard InChI is InChI=1S/C11H10BrClF2O2/c12-2-1-10(16)8-3-7(6-13)4-9(5-8)17-11(14)15/h3-5,11H,1-2,6H2. The zero-order valence-electron chi connectivity index (χ0n) is 8.76. The molecule has 0 spiro atoms. The Morgan fingerprint density at radius 2 is 2.12 bits per heavy atom. The summed E-state index contributed by atoms with van der Waals surface area (Å²) in [5, 5.41) is 0.516. The summed E-state index contributed by atoms with van der Waals surface area (Å²) in [6.45, 7) is -2.92. The van der Waals surface area contributed by atoms with Crippen molar-refractivity contribution in [3.8, 4) is 5.75 Å². The summed E-state index contributed by atoms with van der Waals surface area (Å²) in [5.74, 6) is -0.0568. The Morgan fingerprint density at radius 3 is 2.65 bits per heavy atom. The maximum absolute atomic E-state index is 12.1. The molecule has 0 aliphatic heterocycles. The Labute approximate surface area is 111 Å². The van der Waals surface area contributed by atoms with E-state index < -0.39 is 6.61 Å². The van der Waals surface area contributed by atoms with E-state index in [2.05, 4.69) is 20.7 Å². The van der Waals surface area contributed by atoms with Crippen LogP contribution < -0.4 is 4.74 Å². The van der Waals surface area contributed by atoms with Gasteiger partial charge in [-0.25, -0.2) is 0 Å². The van der Waals surface area contributed by atoms with Crippen molar-refractivity contribution in [2.24, 2.45) is 0 Å². The number of carbonyl (C=O) groups is 1. The number of halogens is 4. The fraction of sp³-hybridized carbons (Fsp3) is 0.364. The molecule has 0 heterocycles. The second-order valence-electron chi connectivity index (χ2n) is 3.24. The largest absolute Gasteiger partial charge is 0.435 e. The minimum atomic E-state index is -2.92. The predicted molar refractivity (Wildman–Crippen MR) is 65.4 cm³/mol. The highest BCUT2D eigenvalue weighted by Crippen LogP contribution is 2.21. The topological polar surface area (TPSA) is 26.3 Å². The molecule has 6 heteroatoms. The van der Waals surface area contributed by atoms with E-state index in [-0.39, 0.29) is 17.4 Å². The molecule has 0 amide bonds. The van der Waals surface area contributed by atoms with Gasteiger partial charge in [0.05, 0.1) is 0 Å². The molecule has 1 rings (SSSR count). The highest BCUT2D eigenvalue weighted by molar-refractivity contribution is 9.09. The van der Waals surface area contributed by atoms with Gasteiger partial charge in [-0.3, -0.25) is 4.79 Å². The number of Topliss-reactive ketones (excluding diaryl/α,β-unsaturated/α-hetero) is 1. The molecule has 0 aliphatic rings. The lowest BCUT2D eigenvalue weighted by molar-refractivity contribution is -0.0499. The molecule has 1 aromatic carbocycles. The van der Waals surface area contributed by atoms with Crippen LogP contribution in [-0.4, -0.2) is 17.7 Å².